The molecule has 1 N–H and O–H groups in total. The highest BCUT2D eigenvalue weighted by atomic mass is 16.5. The van der Waals surface area contributed by atoms with Gasteiger partial charge < -0.3 is 19.5 Å². The molecule has 1 saturated heterocycles. The largest absolute Gasteiger partial charge is 0.376 e. The van der Waals surface area contributed by atoms with Gasteiger partial charge in [-0.1, -0.05) is 5.16 Å². The Morgan fingerprint density at radius 1 is 1.68 bits per heavy atom. The van der Waals surface area contributed by atoms with E-state index in [9.17, 15) is 4.79 Å². The number of urea groups is 1. The summed E-state index contributed by atoms with van der Waals surface area (Å²) < 4.78 is 10.5. The van der Waals surface area contributed by atoms with Crippen LogP contribution in [-0.4, -0.2) is 41.9 Å². The number of aryl methyl sites for hydroxylation is 1. The van der Waals surface area contributed by atoms with Crippen molar-refractivity contribution in [1.29, 1.82) is 0 Å². The zero-order valence-corrected chi connectivity index (χ0v) is 11.7. The van der Waals surface area contributed by atoms with Gasteiger partial charge in [-0.05, 0) is 26.7 Å². The van der Waals surface area contributed by atoms with Crippen LogP contribution in [0, 0.1) is 6.92 Å². The first-order valence-electron chi connectivity index (χ1n) is 6.61. The molecule has 1 aliphatic rings. The van der Waals surface area contributed by atoms with Gasteiger partial charge in [0, 0.05) is 19.7 Å². The minimum atomic E-state index is -0.122. The number of carbonyl (C=O) groups excluding carboxylic acids is 1. The maximum atomic E-state index is 12.0. The zero-order chi connectivity index (χ0) is 13.8. The Labute approximate surface area is 113 Å². The summed E-state index contributed by atoms with van der Waals surface area (Å²) in [6.45, 7) is 5.03. The van der Waals surface area contributed by atoms with E-state index in [-0.39, 0.29) is 18.2 Å². The summed E-state index contributed by atoms with van der Waals surface area (Å²) in [7, 11) is 1.74. The van der Waals surface area contributed by atoms with E-state index in [1.807, 2.05) is 19.9 Å². The molecule has 2 rings (SSSR count). The Kier molecular flexibility index (Phi) is 4.42. The SMILES string of the molecule is Cc1cc(CN(C)C(=O)N[C@@H](C)[C@@H]2CCCO2)no1. The minimum Gasteiger partial charge on any atom is -0.376 e. The van der Waals surface area contributed by atoms with Gasteiger partial charge in [0.25, 0.3) is 0 Å². The van der Waals surface area contributed by atoms with E-state index >= 15 is 0 Å². The minimum absolute atomic E-state index is 0.0245. The molecule has 1 aliphatic heterocycles. The predicted molar refractivity (Wildman–Crippen MR) is 69.7 cm³/mol. The molecule has 2 heterocycles. The molecular formula is C13H21N3O3. The van der Waals surface area contributed by atoms with E-state index in [1.165, 1.54) is 0 Å². The molecule has 0 unspecified atom stereocenters. The fourth-order valence-corrected chi connectivity index (χ4v) is 2.20. The van der Waals surface area contributed by atoms with E-state index in [0.717, 1.165) is 30.9 Å². The third-order valence-electron chi connectivity index (χ3n) is 3.30. The molecular weight excluding hydrogens is 246 g/mol. The van der Waals surface area contributed by atoms with Crippen molar-refractivity contribution in [3.05, 3.63) is 17.5 Å². The number of hydrogen-bond acceptors (Lipinski definition) is 4. The van der Waals surface area contributed by atoms with Crippen LogP contribution in [0.25, 0.3) is 0 Å². The van der Waals surface area contributed by atoms with Crippen LogP contribution in [0.5, 0.6) is 0 Å². The molecule has 2 amide bonds. The van der Waals surface area contributed by atoms with E-state index < -0.39 is 0 Å². The standard InChI is InChI=1S/C13H21N3O3/c1-9-7-11(15-19-9)8-16(3)13(17)14-10(2)12-5-4-6-18-12/h7,10,12H,4-6,8H2,1-3H3,(H,14,17)/t10-,12-/m0/s1. The molecule has 0 aliphatic carbocycles. The second-order valence-corrected chi connectivity index (χ2v) is 5.07. The molecule has 1 aromatic rings. The average Bonchev–Trinajstić information content (AvgIpc) is 3.00. The third kappa shape index (κ3) is 3.70. The normalized spacial score (nSPS) is 20.3. The van der Waals surface area contributed by atoms with Crippen LogP contribution >= 0.6 is 0 Å². The van der Waals surface area contributed by atoms with Crippen molar-refractivity contribution in [2.24, 2.45) is 0 Å². The molecule has 0 radical (unpaired) electrons. The van der Waals surface area contributed by atoms with Crippen molar-refractivity contribution >= 4 is 6.03 Å². The summed E-state index contributed by atoms with van der Waals surface area (Å²) in [5, 5.41) is 6.83. The summed E-state index contributed by atoms with van der Waals surface area (Å²) in [6.07, 6.45) is 2.21. The van der Waals surface area contributed by atoms with E-state index in [4.69, 9.17) is 9.26 Å². The van der Waals surface area contributed by atoms with Gasteiger partial charge in [0.15, 0.2) is 0 Å². The van der Waals surface area contributed by atoms with Crippen LogP contribution in [0.3, 0.4) is 0 Å². The molecule has 2 atom stereocenters. The number of carbonyl (C=O) groups is 1. The van der Waals surface area contributed by atoms with Crippen molar-refractivity contribution in [2.75, 3.05) is 13.7 Å². The van der Waals surface area contributed by atoms with E-state index in [0.29, 0.717) is 6.54 Å². The Balaban J connectivity index is 1.81. The first-order chi connectivity index (χ1) is 9.06. The maximum Gasteiger partial charge on any atom is 0.317 e. The Morgan fingerprint density at radius 2 is 2.47 bits per heavy atom. The summed E-state index contributed by atoms with van der Waals surface area (Å²) in [5.74, 6) is 0.747. The van der Waals surface area contributed by atoms with Crippen LogP contribution in [0.15, 0.2) is 10.6 Å². The van der Waals surface area contributed by atoms with Crippen molar-refractivity contribution in [3.8, 4) is 0 Å². The van der Waals surface area contributed by atoms with Crippen molar-refractivity contribution in [1.82, 2.24) is 15.4 Å². The lowest BCUT2D eigenvalue weighted by molar-refractivity contribution is 0.0837. The molecule has 0 aromatic carbocycles. The van der Waals surface area contributed by atoms with Gasteiger partial charge in [-0.25, -0.2) is 4.79 Å². The second-order valence-electron chi connectivity index (χ2n) is 5.07. The van der Waals surface area contributed by atoms with Crippen molar-refractivity contribution in [3.63, 3.8) is 0 Å². The highest BCUT2D eigenvalue weighted by Gasteiger charge is 2.24. The molecule has 0 bridgehead atoms. The molecule has 0 spiro atoms. The monoisotopic (exact) mass is 267 g/mol. The predicted octanol–water partition coefficient (Wildman–Crippen LogP) is 1.69. The fraction of sp³-hybridized carbons (Fsp3) is 0.692. The van der Waals surface area contributed by atoms with E-state index in [2.05, 4.69) is 10.5 Å². The van der Waals surface area contributed by atoms with Crippen LogP contribution in [-0.2, 0) is 11.3 Å². The highest BCUT2D eigenvalue weighted by Crippen LogP contribution is 2.15. The van der Waals surface area contributed by atoms with Gasteiger partial charge in [-0.2, -0.15) is 0 Å². The lowest BCUT2D eigenvalue weighted by atomic mass is 10.1. The summed E-state index contributed by atoms with van der Waals surface area (Å²) in [4.78, 5) is 13.6. The Morgan fingerprint density at radius 3 is 3.05 bits per heavy atom. The molecule has 6 nitrogen and oxygen atoms in total. The first kappa shape index (κ1) is 13.9. The number of nitrogens with one attached hydrogen (secondary N) is 1. The molecule has 106 valence electrons. The van der Waals surface area contributed by atoms with Crippen LogP contribution in [0.2, 0.25) is 0 Å². The third-order valence-corrected chi connectivity index (χ3v) is 3.30. The van der Waals surface area contributed by atoms with Crippen molar-refractivity contribution < 1.29 is 14.1 Å². The molecule has 1 aromatic heterocycles. The quantitative estimate of drug-likeness (QED) is 0.901. The number of rotatable bonds is 4. The van der Waals surface area contributed by atoms with Crippen LogP contribution < -0.4 is 5.32 Å². The van der Waals surface area contributed by atoms with Gasteiger partial charge in [-0.15, -0.1) is 0 Å². The lowest BCUT2D eigenvalue weighted by Crippen LogP contribution is -2.46. The number of nitrogens with zero attached hydrogens (tertiary/aromatic N) is 2. The maximum absolute atomic E-state index is 12.0. The summed E-state index contributed by atoms with van der Waals surface area (Å²) in [5.41, 5.74) is 0.750. The molecule has 6 heteroatoms. The number of hydrogen-bond donors (Lipinski definition) is 1. The van der Waals surface area contributed by atoms with Gasteiger partial charge in [0.2, 0.25) is 0 Å². The number of amides is 2. The van der Waals surface area contributed by atoms with E-state index in [1.54, 1.807) is 11.9 Å². The van der Waals surface area contributed by atoms with Crippen molar-refractivity contribution in [2.45, 2.75) is 45.4 Å². The van der Waals surface area contributed by atoms with Gasteiger partial charge >= 0.3 is 6.03 Å². The number of ether oxygens (including phenoxy) is 1. The average molecular weight is 267 g/mol. The molecule has 1 fully saturated rings. The smallest absolute Gasteiger partial charge is 0.317 e. The summed E-state index contributed by atoms with van der Waals surface area (Å²) in [6, 6.07) is 1.73. The Bertz CT molecular complexity index is 427. The Hall–Kier alpha value is -1.56. The highest BCUT2D eigenvalue weighted by molar-refractivity contribution is 5.74. The lowest BCUT2D eigenvalue weighted by Gasteiger charge is -2.23. The fourth-order valence-electron chi connectivity index (χ4n) is 2.20. The van der Waals surface area contributed by atoms with Gasteiger partial charge in [0.1, 0.15) is 11.5 Å². The second kappa shape index (κ2) is 6.06. The summed E-state index contributed by atoms with van der Waals surface area (Å²) >= 11 is 0. The van der Waals surface area contributed by atoms with Crippen LogP contribution in [0.4, 0.5) is 4.79 Å². The van der Waals surface area contributed by atoms with Crippen LogP contribution in [0.1, 0.15) is 31.2 Å². The number of aromatic nitrogens is 1. The molecule has 0 saturated carbocycles. The van der Waals surface area contributed by atoms with Gasteiger partial charge in [-0.3, -0.25) is 0 Å². The zero-order valence-electron chi connectivity index (χ0n) is 11.7. The van der Waals surface area contributed by atoms with Gasteiger partial charge in [0.05, 0.1) is 18.7 Å². The first-order valence-corrected chi connectivity index (χ1v) is 6.61. The molecule has 19 heavy (non-hydrogen) atoms. The topological polar surface area (TPSA) is 67.6 Å².